The summed E-state index contributed by atoms with van der Waals surface area (Å²) in [5.41, 5.74) is -0.758. The molecule has 124 valence electrons. The van der Waals surface area contributed by atoms with Gasteiger partial charge in [0.1, 0.15) is 6.61 Å². The van der Waals surface area contributed by atoms with Crippen molar-refractivity contribution in [1.82, 2.24) is 0 Å². The van der Waals surface area contributed by atoms with Crippen LogP contribution < -0.4 is 0 Å². The predicted octanol–water partition coefficient (Wildman–Crippen LogP) is 4.41. The highest BCUT2D eigenvalue weighted by atomic mass is 19.4. The summed E-state index contributed by atoms with van der Waals surface area (Å²) in [6.45, 7) is 0.829. The number of hydrogen-bond acceptors (Lipinski definition) is 2. The van der Waals surface area contributed by atoms with Gasteiger partial charge in [-0.05, 0) is 44.4 Å². The van der Waals surface area contributed by atoms with E-state index in [1.807, 2.05) is 0 Å². The molecule has 0 spiro atoms. The number of aliphatic carboxylic acids is 1. The van der Waals surface area contributed by atoms with Gasteiger partial charge in [-0.1, -0.05) is 19.8 Å². The molecule has 1 aliphatic carbocycles. The van der Waals surface area contributed by atoms with E-state index in [9.17, 15) is 23.1 Å². The van der Waals surface area contributed by atoms with Gasteiger partial charge in [-0.15, -0.1) is 0 Å². The van der Waals surface area contributed by atoms with E-state index in [0.29, 0.717) is 31.6 Å². The van der Waals surface area contributed by atoms with Crippen LogP contribution in [0.1, 0.15) is 58.3 Å². The largest absolute Gasteiger partial charge is 0.481 e. The molecule has 1 rings (SSSR count). The summed E-state index contributed by atoms with van der Waals surface area (Å²) in [7, 11) is 0. The Hall–Kier alpha value is -0.780. The Morgan fingerprint density at radius 3 is 2.43 bits per heavy atom. The molecule has 1 fully saturated rings. The zero-order valence-electron chi connectivity index (χ0n) is 12.5. The Labute approximate surface area is 123 Å². The summed E-state index contributed by atoms with van der Waals surface area (Å²) >= 11 is 0. The molecule has 0 heterocycles. The number of carbonyl (C=O) groups is 1. The molecule has 3 nitrogen and oxygen atoms in total. The van der Waals surface area contributed by atoms with Crippen molar-refractivity contribution in [1.29, 1.82) is 0 Å². The lowest BCUT2D eigenvalue weighted by Gasteiger charge is -2.37. The molecule has 0 saturated heterocycles. The average molecular weight is 310 g/mol. The number of carboxylic acid groups (broad SMARTS) is 1. The average Bonchev–Trinajstić information content (AvgIpc) is 2.39. The van der Waals surface area contributed by atoms with Gasteiger partial charge in [0.25, 0.3) is 0 Å². The Kier molecular flexibility index (Phi) is 6.97. The zero-order chi connectivity index (χ0) is 15.9. The fourth-order valence-corrected chi connectivity index (χ4v) is 3.20. The maximum absolute atomic E-state index is 11.9. The predicted molar refractivity (Wildman–Crippen MR) is 73.0 cm³/mol. The molecule has 1 saturated carbocycles. The highest BCUT2D eigenvalue weighted by Gasteiger charge is 2.41. The molecule has 0 unspecified atom stereocenters. The summed E-state index contributed by atoms with van der Waals surface area (Å²) < 4.78 is 40.4. The normalized spacial score (nSPS) is 26.8. The van der Waals surface area contributed by atoms with Crippen molar-refractivity contribution in [3.63, 3.8) is 0 Å². The van der Waals surface area contributed by atoms with Crippen molar-refractivity contribution >= 4 is 5.97 Å². The Morgan fingerprint density at radius 1 is 1.33 bits per heavy atom. The molecule has 0 amide bonds. The van der Waals surface area contributed by atoms with Gasteiger partial charge >= 0.3 is 12.1 Å². The summed E-state index contributed by atoms with van der Waals surface area (Å²) in [5.74, 6) is -0.211. The molecule has 21 heavy (non-hydrogen) atoms. The molecule has 0 atom stereocenters. The van der Waals surface area contributed by atoms with Crippen molar-refractivity contribution in [2.24, 2.45) is 11.3 Å². The lowest BCUT2D eigenvalue weighted by molar-refractivity contribution is -0.175. The minimum Gasteiger partial charge on any atom is -0.481 e. The van der Waals surface area contributed by atoms with E-state index in [-0.39, 0.29) is 6.61 Å². The van der Waals surface area contributed by atoms with Crippen molar-refractivity contribution in [3.05, 3.63) is 0 Å². The van der Waals surface area contributed by atoms with Gasteiger partial charge in [-0.25, -0.2) is 0 Å². The second kappa shape index (κ2) is 8.01. The van der Waals surface area contributed by atoms with Crippen molar-refractivity contribution < 1.29 is 27.8 Å². The molecule has 0 bridgehead atoms. The Balaban J connectivity index is 2.36. The van der Waals surface area contributed by atoms with Crippen molar-refractivity contribution in [3.8, 4) is 0 Å². The molecule has 1 aliphatic rings. The van der Waals surface area contributed by atoms with E-state index in [2.05, 4.69) is 11.7 Å². The Bertz CT molecular complexity index is 321. The van der Waals surface area contributed by atoms with E-state index in [4.69, 9.17) is 0 Å². The summed E-state index contributed by atoms with van der Waals surface area (Å²) in [6.07, 6.45) is 1.76. The van der Waals surface area contributed by atoms with Crippen molar-refractivity contribution in [2.45, 2.75) is 64.5 Å². The topological polar surface area (TPSA) is 46.5 Å². The minimum atomic E-state index is -4.32. The lowest BCUT2D eigenvalue weighted by atomic mass is 9.67. The SMILES string of the molecule is CCCC1CCC(CCCOCC(F)(F)F)(C(=O)O)CC1. The maximum atomic E-state index is 11.9. The van der Waals surface area contributed by atoms with Gasteiger partial charge in [0.15, 0.2) is 0 Å². The molecule has 0 aromatic heterocycles. The summed E-state index contributed by atoms with van der Waals surface area (Å²) in [4.78, 5) is 11.5. The first kappa shape index (κ1) is 18.3. The van der Waals surface area contributed by atoms with Crippen LogP contribution in [0.5, 0.6) is 0 Å². The van der Waals surface area contributed by atoms with Crippen LogP contribution in [0.2, 0.25) is 0 Å². The number of rotatable bonds is 8. The molecule has 0 aliphatic heterocycles. The Morgan fingerprint density at radius 2 is 1.95 bits per heavy atom. The van der Waals surface area contributed by atoms with E-state index in [1.54, 1.807) is 0 Å². The van der Waals surface area contributed by atoms with E-state index in [1.165, 1.54) is 0 Å². The summed E-state index contributed by atoms with van der Waals surface area (Å²) in [6, 6.07) is 0. The number of carboxylic acids is 1. The van der Waals surface area contributed by atoms with Crippen LogP contribution in [0.4, 0.5) is 13.2 Å². The van der Waals surface area contributed by atoms with Crippen LogP contribution in [-0.2, 0) is 9.53 Å². The highest BCUT2D eigenvalue weighted by molar-refractivity contribution is 5.74. The molecule has 1 N–H and O–H groups in total. The number of halogens is 3. The van der Waals surface area contributed by atoms with Crippen molar-refractivity contribution in [2.75, 3.05) is 13.2 Å². The van der Waals surface area contributed by atoms with Gasteiger partial charge in [0.05, 0.1) is 5.41 Å². The molecule has 0 radical (unpaired) electrons. The molecule has 6 heteroatoms. The van der Waals surface area contributed by atoms with E-state index >= 15 is 0 Å². The van der Waals surface area contributed by atoms with Crippen LogP contribution in [0.3, 0.4) is 0 Å². The molecular weight excluding hydrogens is 285 g/mol. The molecular formula is C15H25F3O3. The first-order valence-corrected chi connectivity index (χ1v) is 7.67. The van der Waals surface area contributed by atoms with Gasteiger partial charge < -0.3 is 9.84 Å². The first-order chi connectivity index (χ1) is 9.79. The van der Waals surface area contributed by atoms with Crippen LogP contribution in [-0.4, -0.2) is 30.5 Å². The fourth-order valence-electron chi connectivity index (χ4n) is 3.20. The van der Waals surface area contributed by atoms with Crippen LogP contribution in [0.25, 0.3) is 0 Å². The smallest absolute Gasteiger partial charge is 0.411 e. The zero-order valence-corrected chi connectivity index (χ0v) is 12.5. The monoisotopic (exact) mass is 310 g/mol. The third-order valence-corrected chi connectivity index (χ3v) is 4.42. The standard InChI is InChI=1S/C15H25F3O3/c1-2-4-12-5-8-14(9-6-12,13(19)20)7-3-10-21-11-15(16,17)18/h12H,2-11H2,1H3,(H,19,20). The van der Waals surface area contributed by atoms with Gasteiger partial charge in [-0.2, -0.15) is 13.2 Å². The fraction of sp³-hybridized carbons (Fsp3) is 0.933. The second-order valence-corrected chi connectivity index (χ2v) is 6.09. The van der Waals surface area contributed by atoms with Gasteiger partial charge in [-0.3, -0.25) is 4.79 Å². The highest BCUT2D eigenvalue weighted by Crippen LogP contribution is 2.43. The summed E-state index contributed by atoms with van der Waals surface area (Å²) in [5, 5.41) is 9.47. The van der Waals surface area contributed by atoms with Gasteiger partial charge in [0.2, 0.25) is 0 Å². The number of hydrogen-bond donors (Lipinski definition) is 1. The van der Waals surface area contributed by atoms with E-state index < -0.39 is 24.2 Å². The maximum Gasteiger partial charge on any atom is 0.411 e. The van der Waals surface area contributed by atoms with Crippen LogP contribution in [0.15, 0.2) is 0 Å². The minimum absolute atomic E-state index is 0.0348. The third-order valence-electron chi connectivity index (χ3n) is 4.42. The van der Waals surface area contributed by atoms with Gasteiger partial charge in [0, 0.05) is 6.61 Å². The lowest BCUT2D eigenvalue weighted by Crippen LogP contribution is -2.35. The van der Waals surface area contributed by atoms with Crippen LogP contribution in [0, 0.1) is 11.3 Å². The van der Waals surface area contributed by atoms with E-state index in [0.717, 1.165) is 25.7 Å². The molecule has 0 aromatic rings. The number of alkyl halides is 3. The quantitative estimate of drug-likeness (QED) is 0.676. The number of ether oxygens (including phenoxy) is 1. The first-order valence-electron chi connectivity index (χ1n) is 7.67. The second-order valence-electron chi connectivity index (χ2n) is 6.09. The third kappa shape index (κ3) is 6.24. The van der Waals surface area contributed by atoms with Crippen LogP contribution >= 0.6 is 0 Å². The molecule has 0 aromatic carbocycles.